The molecule has 1 aromatic carbocycles. The van der Waals surface area contributed by atoms with E-state index in [0.29, 0.717) is 18.9 Å². The van der Waals surface area contributed by atoms with Crippen molar-refractivity contribution in [1.29, 1.82) is 0 Å². The number of benzene rings is 1. The Morgan fingerprint density at radius 1 is 1.36 bits per heavy atom. The molecule has 138 valence electrons. The van der Waals surface area contributed by atoms with Gasteiger partial charge in [0.15, 0.2) is 6.10 Å². The van der Waals surface area contributed by atoms with Gasteiger partial charge in [-0.2, -0.15) is 0 Å². The van der Waals surface area contributed by atoms with E-state index >= 15 is 0 Å². The average Bonchev–Trinajstić information content (AvgIpc) is 2.54. The van der Waals surface area contributed by atoms with Gasteiger partial charge in [-0.3, -0.25) is 9.59 Å². The minimum absolute atomic E-state index is 0.125. The van der Waals surface area contributed by atoms with Crippen LogP contribution in [0.15, 0.2) is 18.2 Å². The van der Waals surface area contributed by atoms with Crippen molar-refractivity contribution in [1.82, 2.24) is 4.90 Å². The molecule has 1 aliphatic heterocycles. The predicted octanol–water partition coefficient (Wildman–Crippen LogP) is 2.59. The van der Waals surface area contributed by atoms with Crippen LogP contribution in [0.5, 0.6) is 5.75 Å². The van der Waals surface area contributed by atoms with Gasteiger partial charge < -0.3 is 19.5 Å². The summed E-state index contributed by atoms with van der Waals surface area (Å²) in [7, 11) is 0. The van der Waals surface area contributed by atoms with Crippen molar-refractivity contribution in [3.8, 4) is 5.75 Å². The number of carbonyl (C=O) groups excluding carboxylic acids is 1. The Hall–Kier alpha value is -2.08. The SMILES string of the molecule is Cc1ccc(C(C)C)c(OC(C)C(=O)N2CCOCC2CC(=O)O)c1. The molecule has 1 fully saturated rings. The van der Waals surface area contributed by atoms with E-state index < -0.39 is 18.1 Å². The number of aryl methyl sites for hydroxylation is 1. The number of amides is 1. The minimum atomic E-state index is -0.942. The molecule has 6 nitrogen and oxygen atoms in total. The molecule has 1 aliphatic rings. The van der Waals surface area contributed by atoms with Gasteiger partial charge in [0.25, 0.3) is 5.91 Å². The maximum absolute atomic E-state index is 12.8. The zero-order chi connectivity index (χ0) is 18.6. The summed E-state index contributed by atoms with van der Waals surface area (Å²) in [5.74, 6) is -0.159. The van der Waals surface area contributed by atoms with Crippen LogP contribution in [0.1, 0.15) is 44.2 Å². The van der Waals surface area contributed by atoms with Gasteiger partial charge in [-0.1, -0.05) is 26.0 Å². The maximum Gasteiger partial charge on any atom is 0.305 e. The van der Waals surface area contributed by atoms with Crippen LogP contribution >= 0.6 is 0 Å². The van der Waals surface area contributed by atoms with Gasteiger partial charge in [0.1, 0.15) is 5.75 Å². The normalized spacial score (nSPS) is 18.9. The van der Waals surface area contributed by atoms with E-state index in [2.05, 4.69) is 13.8 Å². The number of aliphatic carboxylic acids is 1. The van der Waals surface area contributed by atoms with Gasteiger partial charge in [0.05, 0.1) is 25.7 Å². The second kappa shape index (κ2) is 8.34. The van der Waals surface area contributed by atoms with Gasteiger partial charge in [0.2, 0.25) is 0 Å². The lowest BCUT2D eigenvalue weighted by Crippen LogP contribution is -2.53. The van der Waals surface area contributed by atoms with E-state index in [9.17, 15) is 9.59 Å². The number of carboxylic acid groups (broad SMARTS) is 1. The van der Waals surface area contributed by atoms with Crippen molar-refractivity contribution in [2.75, 3.05) is 19.8 Å². The van der Waals surface area contributed by atoms with Gasteiger partial charge in [-0.05, 0) is 37.0 Å². The fourth-order valence-electron chi connectivity index (χ4n) is 3.01. The van der Waals surface area contributed by atoms with Crippen molar-refractivity contribution in [3.05, 3.63) is 29.3 Å². The molecule has 1 N–H and O–H groups in total. The Morgan fingerprint density at radius 3 is 2.72 bits per heavy atom. The number of morpholine rings is 1. The van der Waals surface area contributed by atoms with Crippen molar-refractivity contribution in [2.45, 2.75) is 52.2 Å². The third kappa shape index (κ3) is 4.95. The lowest BCUT2D eigenvalue weighted by Gasteiger charge is -2.36. The van der Waals surface area contributed by atoms with Gasteiger partial charge in [-0.15, -0.1) is 0 Å². The van der Waals surface area contributed by atoms with Gasteiger partial charge in [-0.25, -0.2) is 0 Å². The fourth-order valence-corrected chi connectivity index (χ4v) is 3.01. The predicted molar refractivity (Wildman–Crippen MR) is 93.9 cm³/mol. The Balaban J connectivity index is 2.14. The highest BCUT2D eigenvalue weighted by atomic mass is 16.5. The van der Waals surface area contributed by atoms with Gasteiger partial charge in [0, 0.05) is 6.54 Å². The summed E-state index contributed by atoms with van der Waals surface area (Å²) < 4.78 is 11.3. The van der Waals surface area contributed by atoms with Crippen LogP contribution in [0, 0.1) is 6.92 Å². The van der Waals surface area contributed by atoms with Crippen LogP contribution in [0.4, 0.5) is 0 Å². The molecule has 0 aromatic heterocycles. The molecular formula is C19H27NO5. The quantitative estimate of drug-likeness (QED) is 0.854. The number of nitrogens with zero attached hydrogens (tertiary/aromatic N) is 1. The van der Waals surface area contributed by atoms with Gasteiger partial charge >= 0.3 is 5.97 Å². The van der Waals surface area contributed by atoms with E-state index in [1.807, 2.05) is 25.1 Å². The number of rotatable bonds is 6. The van der Waals surface area contributed by atoms with Crippen LogP contribution in [-0.4, -0.2) is 53.8 Å². The number of carboxylic acids is 1. The molecule has 25 heavy (non-hydrogen) atoms. The highest BCUT2D eigenvalue weighted by Gasteiger charge is 2.32. The van der Waals surface area contributed by atoms with Crippen LogP contribution in [-0.2, 0) is 14.3 Å². The number of hydrogen-bond donors (Lipinski definition) is 1. The smallest absolute Gasteiger partial charge is 0.305 e. The van der Waals surface area contributed by atoms with Crippen LogP contribution in [0.2, 0.25) is 0 Å². The molecule has 0 spiro atoms. The molecule has 1 aromatic rings. The summed E-state index contributed by atoms with van der Waals surface area (Å²) in [4.78, 5) is 25.4. The molecule has 1 saturated heterocycles. The highest BCUT2D eigenvalue weighted by molar-refractivity contribution is 5.82. The second-order valence-corrected chi connectivity index (χ2v) is 6.81. The van der Waals surface area contributed by atoms with Crippen molar-refractivity contribution in [3.63, 3.8) is 0 Å². The van der Waals surface area contributed by atoms with Crippen LogP contribution in [0.25, 0.3) is 0 Å². The van der Waals surface area contributed by atoms with Crippen LogP contribution in [0.3, 0.4) is 0 Å². The van der Waals surface area contributed by atoms with Crippen molar-refractivity contribution in [2.24, 2.45) is 0 Å². The first-order valence-corrected chi connectivity index (χ1v) is 8.66. The second-order valence-electron chi connectivity index (χ2n) is 6.81. The van der Waals surface area contributed by atoms with Crippen LogP contribution < -0.4 is 4.74 Å². The maximum atomic E-state index is 12.8. The first kappa shape index (κ1) is 19.2. The molecule has 2 atom stereocenters. The van der Waals surface area contributed by atoms with E-state index in [4.69, 9.17) is 14.6 Å². The first-order chi connectivity index (χ1) is 11.8. The molecule has 0 bridgehead atoms. The third-order valence-corrected chi connectivity index (χ3v) is 4.36. The Kier molecular flexibility index (Phi) is 6.42. The Bertz CT molecular complexity index is 628. The summed E-state index contributed by atoms with van der Waals surface area (Å²) in [6.45, 7) is 8.89. The lowest BCUT2D eigenvalue weighted by atomic mass is 10.0. The molecular weight excluding hydrogens is 322 g/mol. The standard InChI is InChI=1S/C19H27NO5/c1-12(2)16-6-5-13(3)9-17(16)25-14(4)19(23)20-7-8-24-11-15(20)10-18(21)22/h5-6,9,12,14-15H,7-8,10-11H2,1-4H3,(H,21,22). The molecule has 2 unspecified atom stereocenters. The zero-order valence-corrected chi connectivity index (χ0v) is 15.3. The van der Waals surface area contributed by atoms with E-state index in [1.165, 1.54) is 0 Å². The largest absolute Gasteiger partial charge is 0.481 e. The molecule has 1 amide bonds. The topological polar surface area (TPSA) is 76.1 Å². The highest BCUT2D eigenvalue weighted by Crippen LogP contribution is 2.28. The molecule has 1 heterocycles. The number of hydrogen-bond acceptors (Lipinski definition) is 4. The summed E-state index contributed by atoms with van der Waals surface area (Å²) >= 11 is 0. The molecule has 0 aliphatic carbocycles. The summed E-state index contributed by atoms with van der Waals surface area (Å²) in [6, 6.07) is 5.54. The summed E-state index contributed by atoms with van der Waals surface area (Å²) in [6.07, 6.45) is -0.811. The zero-order valence-electron chi connectivity index (χ0n) is 15.3. The number of ether oxygens (including phenoxy) is 2. The number of carbonyl (C=O) groups is 2. The van der Waals surface area contributed by atoms with Crippen molar-refractivity contribution >= 4 is 11.9 Å². The minimum Gasteiger partial charge on any atom is -0.481 e. The van der Waals surface area contributed by atoms with E-state index in [-0.39, 0.29) is 24.9 Å². The lowest BCUT2D eigenvalue weighted by molar-refractivity contribution is -0.150. The fraction of sp³-hybridized carbons (Fsp3) is 0.579. The first-order valence-electron chi connectivity index (χ1n) is 8.66. The van der Waals surface area contributed by atoms with Crippen molar-refractivity contribution < 1.29 is 24.2 Å². The van der Waals surface area contributed by atoms with E-state index in [1.54, 1.807) is 11.8 Å². The molecule has 2 rings (SSSR count). The van der Waals surface area contributed by atoms with E-state index in [0.717, 1.165) is 11.1 Å². The summed E-state index contributed by atoms with van der Waals surface area (Å²) in [5.41, 5.74) is 2.11. The molecule has 6 heteroatoms. The monoisotopic (exact) mass is 349 g/mol. The molecule has 0 radical (unpaired) electrons. The molecule has 0 saturated carbocycles. The Morgan fingerprint density at radius 2 is 2.08 bits per heavy atom. The third-order valence-electron chi connectivity index (χ3n) is 4.36. The average molecular weight is 349 g/mol. The summed E-state index contributed by atoms with van der Waals surface area (Å²) in [5, 5.41) is 9.04. The Labute approximate surface area is 148 Å².